The first-order chi connectivity index (χ1) is 5.56. The highest BCUT2D eigenvalue weighted by Gasteiger charge is 1.94. The third-order valence-electron chi connectivity index (χ3n) is 1.23. The Hall–Kier alpha value is -0.640. The average molecular weight is 172 g/mol. The predicted octanol–water partition coefficient (Wildman–Crippen LogP) is 0.223. The quantitative estimate of drug-likeness (QED) is 0.532. The number of aliphatic hydroxyl groups is 3. The molecule has 0 aliphatic carbocycles. The van der Waals surface area contributed by atoms with Gasteiger partial charge in [-0.1, -0.05) is 18.2 Å². The fourth-order valence-electron chi connectivity index (χ4n) is 0.734. The van der Waals surface area contributed by atoms with E-state index in [1.807, 2.05) is 0 Å². The Kier molecular flexibility index (Phi) is 5.62. The van der Waals surface area contributed by atoms with Crippen molar-refractivity contribution in [1.82, 2.24) is 0 Å². The molecule has 0 radical (unpaired) electrons. The molecule has 0 amide bonds. The number of hydrogen-bond donors (Lipinski definition) is 3. The van der Waals surface area contributed by atoms with Crippen LogP contribution in [0.5, 0.6) is 0 Å². The molecule has 0 saturated heterocycles. The first-order valence-electron chi connectivity index (χ1n) is 3.92. The van der Waals surface area contributed by atoms with Crippen LogP contribution < -0.4 is 0 Å². The molecule has 0 heterocycles. The summed E-state index contributed by atoms with van der Waals surface area (Å²) >= 11 is 0. The van der Waals surface area contributed by atoms with Gasteiger partial charge in [0.05, 0.1) is 18.8 Å². The summed E-state index contributed by atoms with van der Waals surface area (Å²) in [5.41, 5.74) is 0.603. The maximum atomic E-state index is 8.94. The Morgan fingerprint density at radius 2 is 1.83 bits per heavy atom. The molecule has 0 aromatic heterocycles. The van der Waals surface area contributed by atoms with Crippen LogP contribution in [0.2, 0.25) is 0 Å². The molecule has 1 unspecified atom stereocenters. The van der Waals surface area contributed by atoms with Gasteiger partial charge in [0.2, 0.25) is 0 Å². The molecule has 12 heavy (non-hydrogen) atoms. The molecule has 0 spiro atoms. The molecule has 0 saturated carbocycles. The lowest BCUT2D eigenvalue weighted by atomic mass is 10.2. The van der Waals surface area contributed by atoms with Crippen LogP contribution in [0.4, 0.5) is 0 Å². The molecule has 70 valence electrons. The van der Waals surface area contributed by atoms with E-state index in [4.69, 9.17) is 15.3 Å². The Labute approximate surface area is 72.7 Å². The summed E-state index contributed by atoms with van der Waals surface area (Å²) in [5.74, 6) is 0. The van der Waals surface area contributed by atoms with Crippen LogP contribution in [0.15, 0.2) is 23.8 Å². The zero-order valence-electron chi connectivity index (χ0n) is 7.44. The zero-order valence-corrected chi connectivity index (χ0v) is 7.44. The molecule has 0 aliphatic rings. The summed E-state index contributed by atoms with van der Waals surface area (Å²) in [6.07, 6.45) is 3.56. The molecule has 2 atom stereocenters. The number of rotatable bonds is 4. The van der Waals surface area contributed by atoms with Gasteiger partial charge in [0.15, 0.2) is 0 Å². The van der Waals surface area contributed by atoms with E-state index in [2.05, 4.69) is 0 Å². The summed E-state index contributed by atoms with van der Waals surface area (Å²) in [4.78, 5) is 0. The average Bonchev–Trinajstić information content (AvgIpc) is 1.97. The normalized spacial score (nSPS) is 18.2. The van der Waals surface area contributed by atoms with Crippen molar-refractivity contribution in [2.75, 3.05) is 6.61 Å². The van der Waals surface area contributed by atoms with Crippen molar-refractivity contribution in [1.29, 1.82) is 0 Å². The van der Waals surface area contributed by atoms with Crippen molar-refractivity contribution in [3.05, 3.63) is 23.8 Å². The lowest BCUT2D eigenvalue weighted by molar-refractivity contribution is 0.239. The van der Waals surface area contributed by atoms with E-state index >= 15 is 0 Å². The van der Waals surface area contributed by atoms with Crippen LogP contribution in [0, 0.1) is 0 Å². The molecule has 0 bridgehead atoms. The van der Waals surface area contributed by atoms with Gasteiger partial charge in [-0.2, -0.15) is 0 Å². The fourth-order valence-corrected chi connectivity index (χ4v) is 0.734. The van der Waals surface area contributed by atoms with Crippen LogP contribution >= 0.6 is 0 Å². The molecular weight excluding hydrogens is 156 g/mol. The van der Waals surface area contributed by atoms with Gasteiger partial charge in [-0.15, -0.1) is 0 Å². The van der Waals surface area contributed by atoms with E-state index in [0.29, 0.717) is 5.57 Å². The molecule has 0 rings (SSSR count). The Morgan fingerprint density at radius 3 is 2.17 bits per heavy atom. The minimum atomic E-state index is -0.578. The van der Waals surface area contributed by atoms with Gasteiger partial charge in [0.25, 0.3) is 0 Å². The lowest BCUT2D eigenvalue weighted by Crippen LogP contribution is -1.99. The monoisotopic (exact) mass is 172 g/mol. The van der Waals surface area contributed by atoms with Crippen LogP contribution in [0.3, 0.4) is 0 Å². The van der Waals surface area contributed by atoms with E-state index in [-0.39, 0.29) is 6.61 Å². The van der Waals surface area contributed by atoms with Crippen molar-refractivity contribution in [3.63, 3.8) is 0 Å². The highest BCUT2D eigenvalue weighted by atomic mass is 16.3. The number of hydrogen-bond acceptors (Lipinski definition) is 3. The second-order valence-electron chi connectivity index (χ2n) is 2.74. The largest absolute Gasteiger partial charge is 0.392 e. The van der Waals surface area contributed by atoms with Crippen LogP contribution in [-0.4, -0.2) is 34.1 Å². The van der Waals surface area contributed by atoms with Gasteiger partial charge in [0.1, 0.15) is 0 Å². The standard InChI is InChI=1S/C9H16O3/c1-7(11)3-4-9(6-10)5-8(2)12/h3-5,7-8,10-12H,6H2,1-2H3/b4-3+,9-5-/t7-,8?/m1/s1. The Bertz CT molecular complexity index is 169. The minimum absolute atomic E-state index is 0.131. The SMILES string of the molecule is CC(O)/C=C(/C=C/[C@@H](C)O)CO. The highest BCUT2D eigenvalue weighted by Crippen LogP contribution is 1.99. The van der Waals surface area contributed by atoms with Gasteiger partial charge in [0, 0.05) is 0 Å². The lowest BCUT2D eigenvalue weighted by Gasteiger charge is -2.00. The maximum absolute atomic E-state index is 8.94. The summed E-state index contributed by atoms with van der Waals surface area (Å²) in [6, 6.07) is 0. The zero-order chi connectivity index (χ0) is 9.56. The summed E-state index contributed by atoms with van der Waals surface area (Å²) in [5, 5.41) is 26.6. The Balaban J connectivity index is 4.17. The van der Waals surface area contributed by atoms with E-state index in [9.17, 15) is 0 Å². The predicted molar refractivity (Wildman–Crippen MR) is 47.7 cm³/mol. The molecule has 3 nitrogen and oxygen atoms in total. The van der Waals surface area contributed by atoms with Gasteiger partial charge >= 0.3 is 0 Å². The van der Waals surface area contributed by atoms with Gasteiger partial charge < -0.3 is 15.3 Å². The van der Waals surface area contributed by atoms with E-state index < -0.39 is 12.2 Å². The fraction of sp³-hybridized carbons (Fsp3) is 0.556. The topological polar surface area (TPSA) is 60.7 Å². The molecule has 0 aliphatic heterocycles. The van der Waals surface area contributed by atoms with Crippen molar-refractivity contribution in [3.8, 4) is 0 Å². The van der Waals surface area contributed by atoms with E-state index in [1.165, 1.54) is 6.08 Å². The van der Waals surface area contributed by atoms with E-state index in [1.54, 1.807) is 26.0 Å². The maximum Gasteiger partial charge on any atom is 0.0699 e. The van der Waals surface area contributed by atoms with Gasteiger partial charge in [-0.25, -0.2) is 0 Å². The van der Waals surface area contributed by atoms with Crippen molar-refractivity contribution < 1.29 is 15.3 Å². The van der Waals surface area contributed by atoms with Crippen LogP contribution in [0.1, 0.15) is 13.8 Å². The minimum Gasteiger partial charge on any atom is -0.392 e. The van der Waals surface area contributed by atoms with Crippen molar-refractivity contribution in [2.24, 2.45) is 0 Å². The molecule has 3 N–H and O–H groups in total. The third-order valence-corrected chi connectivity index (χ3v) is 1.23. The van der Waals surface area contributed by atoms with Crippen molar-refractivity contribution in [2.45, 2.75) is 26.1 Å². The van der Waals surface area contributed by atoms with Gasteiger partial charge in [-0.3, -0.25) is 0 Å². The smallest absolute Gasteiger partial charge is 0.0699 e. The first-order valence-corrected chi connectivity index (χ1v) is 3.92. The first kappa shape index (κ1) is 11.4. The second kappa shape index (κ2) is 5.94. The second-order valence-corrected chi connectivity index (χ2v) is 2.74. The van der Waals surface area contributed by atoms with Crippen LogP contribution in [-0.2, 0) is 0 Å². The van der Waals surface area contributed by atoms with Gasteiger partial charge in [-0.05, 0) is 19.4 Å². The molecule has 0 fully saturated rings. The summed E-state index contributed by atoms with van der Waals surface area (Å²) in [7, 11) is 0. The Morgan fingerprint density at radius 1 is 1.25 bits per heavy atom. The van der Waals surface area contributed by atoms with Crippen molar-refractivity contribution >= 4 is 0 Å². The third kappa shape index (κ3) is 6.09. The highest BCUT2D eigenvalue weighted by molar-refractivity contribution is 5.20. The molecule has 0 aromatic carbocycles. The van der Waals surface area contributed by atoms with Crippen LogP contribution in [0.25, 0.3) is 0 Å². The summed E-state index contributed by atoms with van der Waals surface area (Å²) < 4.78 is 0. The molecule has 0 aromatic rings. The molecular formula is C9H16O3. The summed E-state index contributed by atoms with van der Waals surface area (Å²) in [6.45, 7) is 3.09. The molecule has 3 heteroatoms. The number of aliphatic hydroxyl groups excluding tert-OH is 3. The van der Waals surface area contributed by atoms with E-state index in [0.717, 1.165) is 0 Å².